The predicted molar refractivity (Wildman–Crippen MR) is 74.6 cm³/mol. The molecule has 0 aliphatic rings. The fourth-order valence-corrected chi connectivity index (χ4v) is 2.04. The van der Waals surface area contributed by atoms with Crippen LogP contribution in [0.15, 0.2) is 36.5 Å². The van der Waals surface area contributed by atoms with Crippen molar-refractivity contribution in [1.82, 2.24) is 4.98 Å². The monoisotopic (exact) mass is 282 g/mol. The summed E-state index contributed by atoms with van der Waals surface area (Å²) in [5.41, 5.74) is 1.79. The van der Waals surface area contributed by atoms with E-state index in [0.717, 1.165) is 11.3 Å². The van der Waals surface area contributed by atoms with E-state index in [-0.39, 0.29) is 0 Å². The summed E-state index contributed by atoms with van der Waals surface area (Å²) < 4.78 is 5.18. The van der Waals surface area contributed by atoms with Crippen LogP contribution in [0.4, 0.5) is 5.69 Å². The number of pyridine rings is 1. The van der Waals surface area contributed by atoms with Crippen LogP contribution in [0, 0.1) is 0 Å². The van der Waals surface area contributed by atoms with Gasteiger partial charge in [-0.25, -0.2) is 4.98 Å². The van der Waals surface area contributed by atoms with Gasteiger partial charge in [-0.05, 0) is 24.3 Å². The molecule has 0 atom stereocenters. The zero-order valence-corrected chi connectivity index (χ0v) is 11.3. The number of ether oxygens (including phenoxy) is 1. The third-order valence-corrected chi connectivity index (χ3v) is 2.99. The minimum absolute atomic E-state index is 0.582. The van der Waals surface area contributed by atoms with E-state index >= 15 is 0 Å². The maximum atomic E-state index is 6.08. The average Bonchev–Trinajstić information content (AvgIpc) is 2.38. The molecular formula is C13H12Cl2N2O. The maximum Gasteiger partial charge on any atom is 0.218 e. The Bertz CT molecular complexity index is 546. The lowest BCUT2D eigenvalue weighted by molar-refractivity contribution is 0.393. The first-order valence-corrected chi connectivity index (χ1v) is 6.13. The molecule has 1 aromatic carbocycles. The minimum Gasteiger partial charge on any atom is -0.481 e. The standard InChI is InChI=1S/C13H12Cl2N2O/c1-18-13-9(3-2-6-16-13)8-17-12-5-4-10(14)7-11(12)15/h2-7,17H,8H2,1H3. The fraction of sp³-hybridized carbons (Fsp3) is 0.154. The van der Waals surface area contributed by atoms with Gasteiger partial charge in [0.25, 0.3) is 0 Å². The largest absolute Gasteiger partial charge is 0.481 e. The van der Waals surface area contributed by atoms with Crippen molar-refractivity contribution in [1.29, 1.82) is 0 Å². The molecule has 0 unspecified atom stereocenters. The molecule has 1 N–H and O–H groups in total. The Morgan fingerprint density at radius 2 is 2.11 bits per heavy atom. The molecule has 2 aromatic rings. The number of anilines is 1. The van der Waals surface area contributed by atoms with Crippen LogP contribution < -0.4 is 10.1 Å². The second kappa shape index (κ2) is 5.94. The first-order chi connectivity index (χ1) is 8.70. The number of halogens is 2. The van der Waals surface area contributed by atoms with Crippen LogP contribution in [0.3, 0.4) is 0 Å². The summed E-state index contributed by atoms with van der Waals surface area (Å²) in [4.78, 5) is 4.13. The molecule has 0 amide bonds. The van der Waals surface area contributed by atoms with Crippen molar-refractivity contribution < 1.29 is 4.74 Å². The molecule has 18 heavy (non-hydrogen) atoms. The highest BCUT2D eigenvalue weighted by atomic mass is 35.5. The van der Waals surface area contributed by atoms with Gasteiger partial charge in [-0.2, -0.15) is 0 Å². The van der Waals surface area contributed by atoms with E-state index in [2.05, 4.69) is 10.3 Å². The summed E-state index contributed by atoms with van der Waals surface area (Å²) in [6.07, 6.45) is 1.69. The lowest BCUT2D eigenvalue weighted by atomic mass is 10.2. The average molecular weight is 283 g/mol. The quantitative estimate of drug-likeness (QED) is 0.920. The second-order valence-electron chi connectivity index (χ2n) is 3.65. The fourth-order valence-electron chi connectivity index (χ4n) is 1.57. The molecule has 0 saturated carbocycles. The minimum atomic E-state index is 0.582. The Hall–Kier alpha value is -1.45. The normalized spacial score (nSPS) is 10.2. The van der Waals surface area contributed by atoms with Gasteiger partial charge in [0.1, 0.15) is 0 Å². The first-order valence-electron chi connectivity index (χ1n) is 5.37. The van der Waals surface area contributed by atoms with Crippen molar-refractivity contribution >= 4 is 28.9 Å². The SMILES string of the molecule is COc1ncccc1CNc1ccc(Cl)cc1Cl. The summed E-state index contributed by atoms with van der Waals surface area (Å²) in [6, 6.07) is 9.14. The van der Waals surface area contributed by atoms with Crippen LogP contribution in [0.5, 0.6) is 5.88 Å². The van der Waals surface area contributed by atoms with E-state index in [0.29, 0.717) is 22.5 Å². The Kier molecular flexibility index (Phi) is 4.28. The lowest BCUT2D eigenvalue weighted by Gasteiger charge is -2.10. The van der Waals surface area contributed by atoms with Gasteiger partial charge < -0.3 is 10.1 Å². The second-order valence-corrected chi connectivity index (χ2v) is 4.49. The smallest absolute Gasteiger partial charge is 0.218 e. The summed E-state index contributed by atoms with van der Waals surface area (Å²) >= 11 is 11.9. The van der Waals surface area contributed by atoms with Crippen LogP contribution >= 0.6 is 23.2 Å². The Morgan fingerprint density at radius 3 is 2.83 bits per heavy atom. The van der Waals surface area contributed by atoms with Gasteiger partial charge in [-0.3, -0.25) is 0 Å². The molecule has 0 fully saturated rings. The van der Waals surface area contributed by atoms with Crippen LogP contribution in [0.25, 0.3) is 0 Å². The molecular weight excluding hydrogens is 271 g/mol. The summed E-state index contributed by atoms with van der Waals surface area (Å²) in [5, 5.41) is 4.42. The van der Waals surface area contributed by atoms with E-state index in [1.54, 1.807) is 25.4 Å². The summed E-state index contributed by atoms with van der Waals surface area (Å²) in [5.74, 6) is 0.607. The number of rotatable bonds is 4. The maximum absolute atomic E-state index is 6.08. The summed E-state index contributed by atoms with van der Waals surface area (Å²) in [6.45, 7) is 0.582. The number of hydrogen-bond donors (Lipinski definition) is 1. The molecule has 2 rings (SSSR count). The van der Waals surface area contributed by atoms with Crippen molar-refractivity contribution in [3.63, 3.8) is 0 Å². The van der Waals surface area contributed by atoms with Crippen molar-refractivity contribution in [2.45, 2.75) is 6.54 Å². The molecule has 0 saturated heterocycles. The van der Waals surface area contributed by atoms with Crippen LogP contribution in [-0.2, 0) is 6.54 Å². The van der Waals surface area contributed by atoms with Gasteiger partial charge in [0, 0.05) is 23.3 Å². The first kappa shape index (κ1) is 13.0. The zero-order chi connectivity index (χ0) is 13.0. The van der Waals surface area contributed by atoms with Crippen molar-refractivity contribution in [3.05, 3.63) is 52.1 Å². The van der Waals surface area contributed by atoms with Gasteiger partial charge in [-0.15, -0.1) is 0 Å². The molecule has 0 aliphatic carbocycles. The highest BCUT2D eigenvalue weighted by Gasteiger charge is 2.05. The third-order valence-electron chi connectivity index (χ3n) is 2.44. The Morgan fingerprint density at radius 1 is 1.28 bits per heavy atom. The Balaban J connectivity index is 2.11. The number of methoxy groups -OCH3 is 1. The number of nitrogens with zero attached hydrogens (tertiary/aromatic N) is 1. The van der Waals surface area contributed by atoms with E-state index in [1.807, 2.05) is 18.2 Å². The number of hydrogen-bond acceptors (Lipinski definition) is 3. The van der Waals surface area contributed by atoms with Crippen molar-refractivity contribution in [2.75, 3.05) is 12.4 Å². The summed E-state index contributed by atoms with van der Waals surface area (Å²) in [7, 11) is 1.60. The number of benzene rings is 1. The molecule has 0 radical (unpaired) electrons. The molecule has 0 bridgehead atoms. The lowest BCUT2D eigenvalue weighted by Crippen LogP contribution is -2.03. The van der Waals surface area contributed by atoms with Gasteiger partial charge in [0.05, 0.1) is 17.8 Å². The van der Waals surface area contributed by atoms with Crippen molar-refractivity contribution in [3.8, 4) is 5.88 Å². The van der Waals surface area contributed by atoms with E-state index in [1.165, 1.54) is 0 Å². The van der Waals surface area contributed by atoms with Gasteiger partial charge in [-0.1, -0.05) is 29.3 Å². The van der Waals surface area contributed by atoms with Gasteiger partial charge in [0.15, 0.2) is 0 Å². The van der Waals surface area contributed by atoms with Gasteiger partial charge in [0.2, 0.25) is 5.88 Å². The Labute approximate surface area is 116 Å². The van der Waals surface area contributed by atoms with Crippen LogP contribution in [0.1, 0.15) is 5.56 Å². The molecule has 0 spiro atoms. The molecule has 0 aliphatic heterocycles. The highest BCUT2D eigenvalue weighted by Crippen LogP contribution is 2.26. The molecule has 94 valence electrons. The molecule has 3 nitrogen and oxygen atoms in total. The molecule has 1 aromatic heterocycles. The van der Waals surface area contributed by atoms with E-state index in [4.69, 9.17) is 27.9 Å². The highest BCUT2D eigenvalue weighted by molar-refractivity contribution is 6.36. The predicted octanol–water partition coefficient (Wildman–Crippen LogP) is 4.01. The van der Waals surface area contributed by atoms with E-state index < -0.39 is 0 Å². The number of aromatic nitrogens is 1. The topological polar surface area (TPSA) is 34.1 Å². The zero-order valence-electron chi connectivity index (χ0n) is 9.78. The van der Waals surface area contributed by atoms with E-state index in [9.17, 15) is 0 Å². The molecule has 1 heterocycles. The van der Waals surface area contributed by atoms with Crippen molar-refractivity contribution in [2.24, 2.45) is 0 Å². The van der Waals surface area contributed by atoms with Crippen LogP contribution in [-0.4, -0.2) is 12.1 Å². The third kappa shape index (κ3) is 3.06. The van der Waals surface area contributed by atoms with Crippen LogP contribution in [0.2, 0.25) is 10.0 Å². The number of nitrogens with one attached hydrogen (secondary N) is 1. The van der Waals surface area contributed by atoms with Gasteiger partial charge >= 0.3 is 0 Å². The molecule has 5 heteroatoms.